The number of anilines is 4. The van der Waals surface area contributed by atoms with Gasteiger partial charge in [-0.25, -0.2) is 0 Å². The van der Waals surface area contributed by atoms with E-state index in [0.717, 1.165) is 77.5 Å². The van der Waals surface area contributed by atoms with Crippen LogP contribution < -0.4 is 26.4 Å². The van der Waals surface area contributed by atoms with Crippen molar-refractivity contribution >= 4 is 62.3 Å². The third-order valence-electron chi connectivity index (χ3n) is 9.20. The minimum atomic E-state index is -2.93. The monoisotopic (exact) mass is 920 g/mol. The molecule has 0 unspecified atom stereocenters. The molecule has 336 valence electrons. The summed E-state index contributed by atoms with van der Waals surface area (Å²) in [5.41, 5.74) is 9.68. The molecule has 5 N–H and O–H groups in total. The minimum Gasteiger partial charge on any atom is -0.435 e. The summed E-state index contributed by atoms with van der Waals surface area (Å²) in [6.45, 7) is -2.93. The summed E-state index contributed by atoms with van der Waals surface area (Å²) in [5, 5.41) is 43.5. The molecular formula is C45H46F2N12O4S2. The van der Waals surface area contributed by atoms with Gasteiger partial charge in [0.2, 0.25) is 28.0 Å². The van der Waals surface area contributed by atoms with Crippen LogP contribution in [0, 0.1) is 0 Å². The number of aromatic nitrogens is 8. The lowest BCUT2D eigenvalue weighted by molar-refractivity contribution is -0.116. The van der Waals surface area contributed by atoms with Gasteiger partial charge in [-0.05, 0) is 91.6 Å². The van der Waals surface area contributed by atoms with E-state index in [1.165, 1.54) is 34.8 Å². The third-order valence-corrected chi connectivity index (χ3v) is 11.0. The number of benzene rings is 3. The molecule has 7 rings (SSSR count). The van der Waals surface area contributed by atoms with Crippen LogP contribution in [0.2, 0.25) is 0 Å². The minimum absolute atomic E-state index is 0.00314. The number of nitrogens with one attached hydrogen (secondary N) is 3. The van der Waals surface area contributed by atoms with E-state index in [9.17, 15) is 23.2 Å². The zero-order valence-corrected chi connectivity index (χ0v) is 36.7. The number of aryl methyl sites for hydroxylation is 4. The van der Waals surface area contributed by atoms with Gasteiger partial charge >= 0.3 is 6.61 Å². The Labute approximate surface area is 381 Å². The van der Waals surface area contributed by atoms with E-state index < -0.39 is 6.61 Å². The highest BCUT2D eigenvalue weighted by atomic mass is 32.1. The number of alkyl halides is 2. The molecule has 0 spiro atoms. The normalized spacial score (nSPS) is 10.8. The Hall–Kier alpha value is -7.19. The van der Waals surface area contributed by atoms with Crippen molar-refractivity contribution in [3.8, 4) is 5.75 Å². The van der Waals surface area contributed by atoms with Crippen LogP contribution in [0.5, 0.6) is 5.75 Å². The van der Waals surface area contributed by atoms with Gasteiger partial charge < -0.3 is 26.4 Å². The topological polar surface area (TPSA) is 226 Å². The molecule has 7 aromatic rings. The molecule has 0 bridgehead atoms. The summed E-state index contributed by atoms with van der Waals surface area (Å²) in [7, 11) is 0. The molecule has 3 amide bonds. The first-order valence-electron chi connectivity index (χ1n) is 20.7. The lowest BCUT2D eigenvalue weighted by Crippen LogP contribution is -2.16. The Morgan fingerprint density at radius 1 is 0.523 bits per heavy atom. The van der Waals surface area contributed by atoms with E-state index in [2.05, 4.69) is 61.5 Å². The van der Waals surface area contributed by atoms with Crippen LogP contribution in [-0.2, 0) is 59.3 Å². The molecular weight excluding hydrogens is 875 g/mol. The zero-order chi connectivity index (χ0) is 45.6. The molecule has 0 aliphatic carbocycles. The lowest BCUT2D eigenvalue weighted by atomic mass is 10.1. The van der Waals surface area contributed by atoms with Crippen molar-refractivity contribution in [2.75, 3.05) is 21.7 Å². The Morgan fingerprint density at radius 3 is 1.52 bits per heavy atom. The summed E-state index contributed by atoms with van der Waals surface area (Å²) in [6, 6.07) is 32.2. The van der Waals surface area contributed by atoms with Crippen molar-refractivity contribution in [2.24, 2.45) is 0 Å². The third kappa shape index (κ3) is 17.5. The summed E-state index contributed by atoms with van der Waals surface area (Å²) in [5.74, 6) is 0.177. The van der Waals surface area contributed by atoms with Crippen molar-refractivity contribution in [3.05, 3.63) is 147 Å². The number of ether oxygens (including phenoxy) is 1. The second-order valence-corrected chi connectivity index (χ2v) is 16.6. The SMILES string of the molecule is Nc1ccc(CCCCc2nnc(NC(=O)Cc3ccccc3)s2)nn1.O=C(Cc1cccc(OC(F)F)c1)Nc1ccc(CCCCc2nnc(NC(=O)Cc3ccccc3)s2)nn1. The molecule has 0 saturated carbocycles. The van der Waals surface area contributed by atoms with Gasteiger partial charge in [-0.15, -0.1) is 30.6 Å². The number of rotatable bonds is 21. The van der Waals surface area contributed by atoms with Gasteiger partial charge in [0.05, 0.1) is 30.7 Å². The van der Waals surface area contributed by atoms with Crippen LogP contribution in [0.25, 0.3) is 0 Å². The van der Waals surface area contributed by atoms with Crippen molar-refractivity contribution in [1.29, 1.82) is 0 Å². The maximum Gasteiger partial charge on any atom is 0.387 e. The number of carbonyl (C=O) groups excluding carboxylic acids is 3. The van der Waals surface area contributed by atoms with Crippen LogP contribution in [0.3, 0.4) is 0 Å². The lowest BCUT2D eigenvalue weighted by Gasteiger charge is -2.07. The second-order valence-electron chi connectivity index (χ2n) is 14.4. The fraction of sp³-hybridized carbons (Fsp3) is 0.267. The number of halogens is 2. The fourth-order valence-corrected chi connectivity index (χ4v) is 7.73. The molecule has 4 aromatic heterocycles. The largest absolute Gasteiger partial charge is 0.435 e. The molecule has 0 radical (unpaired) electrons. The van der Waals surface area contributed by atoms with Gasteiger partial charge in [-0.1, -0.05) is 95.5 Å². The van der Waals surface area contributed by atoms with Crippen LogP contribution in [-0.4, -0.2) is 65.1 Å². The van der Waals surface area contributed by atoms with E-state index in [-0.39, 0.29) is 36.3 Å². The predicted molar refractivity (Wildman–Crippen MR) is 245 cm³/mol. The van der Waals surface area contributed by atoms with Gasteiger partial charge in [-0.3, -0.25) is 14.4 Å². The number of hydrogen-bond donors (Lipinski definition) is 4. The molecule has 4 heterocycles. The number of nitrogens with zero attached hydrogens (tertiary/aromatic N) is 8. The Balaban J connectivity index is 0.000000233. The molecule has 3 aromatic carbocycles. The Morgan fingerprint density at radius 2 is 1.02 bits per heavy atom. The Bertz CT molecular complexity index is 2550. The number of amides is 3. The highest BCUT2D eigenvalue weighted by molar-refractivity contribution is 7.15. The van der Waals surface area contributed by atoms with E-state index in [1.807, 2.05) is 66.7 Å². The number of nitrogens with two attached hydrogens (primary N) is 1. The zero-order valence-electron chi connectivity index (χ0n) is 35.1. The number of hydrogen-bond acceptors (Lipinski definition) is 15. The maximum absolute atomic E-state index is 12.4. The van der Waals surface area contributed by atoms with Crippen molar-refractivity contribution in [2.45, 2.75) is 77.2 Å². The van der Waals surface area contributed by atoms with Crippen LogP contribution in [0.15, 0.2) is 109 Å². The average molecular weight is 921 g/mol. The first kappa shape index (κ1) is 47.3. The quantitative estimate of drug-likeness (QED) is 0.0513. The average Bonchev–Trinajstić information content (AvgIpc) is 3.94. The standard InChI is InChI=1S/C27H26F2N6O3S.C18H20N6OS/c28-26(29)38-21-11-6-9-19(15-21)17-23(36)30-22-14-13-20(32-33-22)10-4-5-12-25-34-35-27(39-25)31-24(37)16-18-7-2-1-3-8-18;19-15-11-10-14(21-22-15)8-4-5-9-17-23-24-18(26-17)20-16(25)12-13-6-2-1-3-7-13/h1-3,6-9,11,13-15,26H,4-5,10,12,16-17H2,(H,30,33,36)(H,31,35,37);1-3,6-7,10-11H,4-5,8-9,12H2,(H2,19,22)(H,20,24,25). The van der Waals surface area contributed by atoms with E-state index in [1.54, 1.807) is 30.3 Å². The smallest absolute Gasteiger partial charge is 0.387 e. The van der Waals surface area contributed by atoms with E-state index in [4.69, 9.17) is 5.73 Å². The fourth-order valence-electron chi connectivity index (χ4n) is 6.13. The summed E-state index contributed by atoms with van der Waals surface area (Å²) in [4.78, 5) is 36.5. The van der Waals surface area contributed by atoms with Crippen LogP contribution in [0.4, 0.5) is 30.7 Å². The Kier molecular flexibility index (Phi) is 18.3. The van der Waals surface area contributed by atoms with Gasteiger partial charge in [0, 0.05) is 12.8 Å². The highest BCUT2D eigenvalue weighted by Gasteiger charge is 2.12. The summed E-state index contributed by atoms with van der Waals surface area (Å²) >= 11 is 2.79. The first-order valence-corrected chi connectivity index (χ1v) is 22.3. The first-order chi connectivity index (χ1) is 31.6. The van der Waals surface area contributed by atoms with Crippen LogP contribution in [0.1, 0.15) is 63.8 Å². The van der Waals surface area contributed by atoms with Crippen molar-refractivity contribution < 1.29 is 27.9 Å². The van der Waals surface area contributed by atoms with Gasteiger partial charge in [0.15, 0.2) is 5.82 Å². The molecule has 65 heavy (non-hydrogen) atoms. The maximum atomic E-state index is 12.4. The van der Waals surface area contributed by atoms with Gasteiger partial charge in [-0.2, -0.15) is 19.0 Å². The molecule has 0 fully saturated rings. The van der Waals surface area contributed by atoms with E-state index in [0.29, 0.717) is 40.3 Å². The molecule has 0 saturated heterocycles. The number of carbonyl (C=O) groups is 3. The molecule has 0 atom stereocenters. The van der Waals surface area contributed by atoms with Crippen molar-refractivity contribution in [3.63, 3.8) is 0 Å². The van der Waals surface area contributed by atoms with Crippen molar-refractivity contribution in [1.82, 2.24) is 40.8 Å². The van der Waals surface area contributed by atoms with Gasteiger partial charge in [0.25, 0.3) is 0 Å². The van der Waals surface area contributed by atoms with E-state index >= 15 is 0 Å². The molecule has 16 nitrogen and oxygen atoms in total. The molecule has 20 heteroatoms. The summed E-state index contributed by atoms with van der Waals surface area (Å²) in [6.07, 6.45) is 7.38. The van der Waals surface area contributed by atoms with Crippen LogP contribution >= 0.6 is 22.7 Å². The predicted octanol–water partition coefficient (Wildman–Crippen LogP) is 7.51. The number of nitrogen functional groups attached to an aromatic ring is 1. The highest BCUT2D eigenvalue weighted by Crippen LogP contribution is 2.20. The van der Waals surface area contributed by atoms with Gasteiger partial charge in [0.1, 0.15) is 21.6 Å². The molecule has 0 aliphatic heterocycles. The summed E-state index contributed by atoms with van der Waals surface area (Å²) < 4.78 is 29.1. The second kappa shape index (κ2) is 25.2. The number of unbranched alkanes of at least 4 members (excludes halogenated alkanes) is 2. The molecule has 0 aliphatic rings.